The van der Waals surface area contributed by atoms with Crippen LogP contribution in [0.4, 0.5) is 11.4 Å². The van der Waals surface area contributed by atoms with Gasteiger partial charge in [-0.2, -0.15) is 5.26 Å². The van der Waals surface area contributed by atoms with E-state index in [1.807, 2.05) is 12.1 Å². The number of benzene rings is 1. The fourth-order valence-electron chi connectivity index (χ4n) is 2.52. The molecule has 1 aliphatic heterocycles. The van der Waals surface area contributed by atoms with Crippen molar-refractivity contribution in [2.24, 2.45) is 5.41 Å². The van der Waals surface area contributed by atoms with Crippen LogP contribution in [-0.2, 0) is 0 Å². The molecule has 3 heteroatoms. The van der Waals surface area contributed by atoms with Crippen molar-refractivity contribution in [1.29, 1.82) is 5.26 Å². The Morgan fingerprint density at radius 1 is 1.41 bits per heavy atom. The fraction of sp³-hybridized carbons (Fsp3) is 0.500. The molecule has 1 fully saturated rings. The molecular formula is C14H19N3. The van der Waals surface area contributed by atoms with Gasteiger partial charge in [0.25, 0.3) is 0 Å². The first-order chi connectivity index (χ1) is 8.02. The summed E-state index contributed by atoms with van der Waals surface area (Å²) in [5.41, 5.74) is 8.79. The molecule has 1 aromatic carbocycles. The van der Waals surface area contributed by atoms with Gasteiger partial charge in [-0.05, 0) is 36.5 Å². The minimum atomic E-state index is 0.327. The van der Waals surface area contributed by atoms with Gasteiger partial charge in [0, 0.05) is 13.1 Å². The highest BCUT2D eigenvalue weighted by atomic mass is 15.1. The molecule has 0 spiro atoms. The summed E-state index contributed by atoms with van der Waals surface area (Å²) in [6, 6.07) is 7.67. The minimum absolute atomic E-state index is 0.327. The van der Waals surface area contributed by atoms with Gasteiger partial charge >= 0.3 is 0 Å². The third kappa shape index (κ3) is 2.52. The van der Waals surface area contributed by atoms with Gasteiger partial charge in [0.1, 0.15) is 0 Å². The summed E-state index contributed by atoms with van der Waals surface area (Å²) in [7, 11) is 0. The maximum absolute atomic E-state index is 8.94. The summed E-state index contributed by atoms with van der Waals surface area (Å²) in [5, 5.41) is 8.94. The Morgan fingerprint density at radius 2 is 2.18 bits per heavy atom. The van der Waals surface area contributed by atoms with Gasteiger partial charge < -0.3 is 10.6 Å². The van der Waals surface area contributed by atoms with Crippen molar-refractivity contribution in [2.75, 3.05) is 23.7 Å². The third-order valence-corrected chi connectivity index (χ3v) is 3.40. The van der Waals surface area contributed by atoms with E-state index in [4.69, 9.17) is 11.0 Å². The lowest BCUT2D eigenvalue weighted by Gasteiger charge is -2.39. The van der Waals surface area contributed by atoms with E-state index in [-0.39, 0.29) is 0 Å². The Kier molecular flexibility index (Phi) is 2.97. The first-order valence-electron chi connectivity index (χ1n) is 6.06. The average Bonchev–Trinajstić information content (AvgIpc) is 2.28. The van der Waals surface area contributed by atoms with Crippen molar-refractivity contribution in [2.45, 2.75) is 26.7 Å². The molecule has 2 rings (SSSR count). The van der Waals surface area contributed by atoms with Crippen LogP contribution < -0.4 is 10.6 Å². The van der Waals surface area contributed by atoms with Gasteiger partial charge in [-0.3, -0.25) is 0 Å². The molecule has 1 aromatic rings. The Morgan fingerprint density at radius 3 is 2.82 bits per heavy atom. The third-order valence-electron chi connectivity index (χ3n) is 3.40. The van der Waals surface area contributed by atoms with Crippen molar-refractivity contribution in [3.05, 3.63) is 23.8 Å². The number of nitrogen functional groups attached to an aromatic ring is 1. The molecule has 0 aromatic heterocycles. The quantitative estimate of drug-likeness (QED) is 0.753. The van der Waals surface area contributed by atoms with E-state index in [0.717, 1.165) is 24.5 Å². The lowest BCUT2D eigenvalue weighted by molar-refractivity contribution is 0.293. The van der Waals surface area contributed by atoms with Crippen molar-refractivity contribution in [1.82, 2.24) is 0 Å². The monoisotopic (exact) mass is 229 g/mol. The molecular weight excluding hydrogens is 210 g/mol. The van der Waals surface area contributed by atoms with Crippen LogP contribution in [0.5, 0.6) is 0 Å². The summed E-state index contributed by atoms with van der Waals surface area (Å²) in [6.45, 7) is 6.60. The average molecular weight is 229 g/mol. The predicted octanol–water partition coefficient (Wildman–Crippen LogP) is 2.77. The second kappa shape index (κ2) is 4.29. The highest BCUT2D eigenvalue weighted by Crippen LogP contribution is 2.34. The molecule has 0 radical (unpaired) electrons. The van der Waals surface area contributed by atoms with E-state index in [1.54, 1.807) is 6.07 Å². The number of hydrogen-bond donors (Lipinski definition) is 1. The van der Waals surface area contributed by atoms with Gasteiger partial charge in [0.05, 0.1) is 23.0 Å². The van der Waals surface area contributed by atoms with Gasteiger partial charge in [-0.1, -0.05) is 13.8 Å². The summed E-state index contributed by atoms with van der Waals surface area (Å²) in [5.74, 6) is 0. The number of nitrogens with zero attached hydrogens (tertiary/aromatic N) is 2. The number of nitriles is 1. The second-order valence-electron chi connectivity index (χ2n) is 5.57. The van der Waals surface area contributed by atoms with E-state index in [9.17, 15) is 0 Å². The normalized spacial score (nSPS) is 18.8. The number of hydrogen-bond acceptors (Lipinski definition) is 3. The Balaban J connectivity index is 2.30. The Labute approximate surface area is 103 Å². The minimum Gasteiger partial charge on any atom is -0.397 e. The number of rotatable bonds is 1. The molecule has 1 heterocycles. The highest BCUT2D eigenvalue weighted by molar-refractivity contribution is 5.70. The molecule has 2 N–H and O–H groups in total. The Hall–Kier alpha value is -1.69. The van der Waals surface area contributed by atoms with Crippen LogP contribution in [0, 0.1) is 16.7 Å². The zero-order chi connectivity index (χ0) is 12.5. The molecule has 0 aliphatic carbocycles. The Bertz CT molecular complexity index is 457. The standard InChI is InChI=1S/C14H19N3/c1-14(2)6-3-7-17(10-14)13-8-11(9-15)4-5-12(13)16/h4-5,8H,3,6-7,10,16H2,1-2H3. The zero-order valence-electron chi connectivity index (χ0n) is 10.5. The summed E-state index contributed by atoms with van der Waals surface area (Å²) in [6.07, 6.45) is 2.44. The van der Waals surface area contributed by atoms with E-state index < -0.39 is 0 Å². The summed E-state index contributed by atoms with van der Waals surface area (Å²) < 4.78 is 0. The molecule has 0 bridgehead atoms. The zero-order valence-corrected chi connectivity index (χ0v) is 10.5. The summed E-state index contributed by atoms with van der Waals surface area (Å²) >= 11 is 0. The van der Waals surface area contributed by atoms with E-state index >= 15 is 0 Å². The van der Waals surface area contributed by atoms with E-state index in [2.05, 4.69) is 24.8 Å². The van der Waals surface area contributed by atoms with Crippen LogP contribution in [0.2, 0.25) is 0 Å². The molecule has 0 unspecified atom stereocenters. The molecule has 0 amide bonds. The van der Waals surface area contributed by atoms with Crippen LogP contribution in [-0.4, -0.2) is 13.1 Å². The molecule has 90 valence electrons. The number of piperidine rings is 1. The first-order valence-corrected chi connectivity index (χ1v) is 6.06. The largest absolute Gasteiger partial charge is 0.397 e. The van der Waals surface area contributed by atoms with Crippen molar-refractivity contribution in [3.63, 3.8) is 0 Å². The summed E-state index contributed by atoms with van der Waals surface area (Å²) in [4.78, 5) is 2.31. The van der Waals surface area contributed by atoms with Crippen molar-refractivity contribution < 1.29 is 0 Å². The topological polar surface area (TPSA) is 53.0 Å². The van der Waals surface area contributed by atoms with Crippen molar-refractivity contribution in [3.8, 4) is 6.07 Å². The van der Waals surface area contributed by atoms with Crippen LogP contribution in [0.3, 0.4) is 0 Å². The van der Waals surface area contributed by atoms with Gasteiger partial charge in [-0.15, -0.1) is 0 Å². The van der Waals surface area contributed by atoms with E-state index in [0.29, 0.717) is 11.0 Å². The lowest BCUT2D eigenvalue weighted by atomic mass is 9.84. The SMILES string of the molecule is CC1(C)CCCN(c2cc(C#N)ccc2N)C1. The molecule has 1 saturated heterocycles. The molecule has 1 aliphatic rings. The van der Waals surface area contributed by atoms with Crippen LogP contribution in [0.15, 0.2) is 18.2 Å². The first kappa shape index (κ1) is 11.8. The van der Waals surface area contributed by atoms with Crippen molar-refractivity contribution >= 4 is 11.4 Å². The predicted molar refractivity (Wildman–Crippen MR) is 70.8 cm³/mol. The van der Waals surface area contributed by atoms with Crippen LogP contribution >= 0.6 is 0 Å². The molecule has 17 heavy (non-hydrogen) atoms. The van der Waals surface area contributed by atoms with Gasteiger partial charge in [0.15, 0.2) is 0 Å². The number of nitrogens with two attached hydrogens (primary N) is 1. The van der Waals surface area contributed by atoms with Crippen LogP contribution in [0.1, 0.15) is 32.3 Å². The molecule has 0 saturated carbocycles. The second-order valence-corrected chi connectivity index (χ2v) is 5.57. The smallest absolute Gasteiger partial charge is 0.0992 e. The lowest BCUT2D eigenvalue weighted by Crippen LogP contribution is -2.40. The maximum atomic E-state index is 8.94. The van der Waals surface area contributed by atoms with Gasteiger partial charge in [-0.25, -0.2) is 0 Å². The van der Waals surface area contributed by atoms with Gasteiger partial charge in [0.2, 0.25) is 0 Å². The number of anilines is 2. The molecule has 3 nitrogen and oxygen atoms in total. The maximum Gasteiger partial charge on any atom is 0.0992 e. The van der Waals surface area contributed by atoms with Crippen LogP contribution in [0.25, 0.3) is 0 Å². The molecule has 0 atom stereocenters. The highest BCUT2D eigenvalue weighted by Gasteiger charge is 2.27. The fourth-order valence-corrected chi connectivity index (χ4v) is 2.52. The van der Waals surface area contributed by atoms with E-state index in [1.165, 1.54) is 12.8 Å².